The molecule has 16 heavy (non-hydrogen) atoms. The minimum Gasteiger partial charge on any atom is -0.465 e. The minimum atomic E-state index is -0.283. The average molecular weight is 221 g/mol. The molecule has 0 saturated carbocycles. The number of benzene rings is 1. The van der Waals surface area contributed by atoms with E-state index in [1.54, 1.807) is 6.07 Å². The summed E-state index contributed by atoms with van der Waals surface area (Å²) in [4.78, 5) is 13.6. The molecule has 1 aromatic carbocycles. The summed E-state index contributed by atoms with van der Waals surface area (Å²) in [5, 5.41) is 0. The molecule has 3 nitrogen and oxygen atoms in total. The molecule has 3 heteroatoms. The Balaban J connectivity index is 2.92. The summed E-state index contributed by atoms with van der Waals surface area (Å²) in [6, 6.07) is 7.56. The van der Waals surface area contributed by atoms with Crippen LogP contribution < -0.4 is 4.90 Å². The number of carbonyl (C=O) groups is 1. The molecule has 88 valence electrons. The molecule has 0 aromatic heterocycles. The van der Waals surface area contributed by atoms with Crippen molar-refractivity contribution in [1.82, 2.24) is 0 Å². The van der Waals surface area contributed by atoms with Crippen LogP contribution in [-0.2, 0) is 4.74 Å². The summed E-state index contributed by atoms with van der Waals surface area (Å²) in [6.07, 6.45) is 1.09. The Kier molecular flexibility index (Phi) is 4.83. The summed E-state index contributed by atoms with van der Waals surface area (Å²) < 4.78 is 4.71. The van der Waals surface area contributed by atoms with Gasteiger partial charge in [-0.15, -0.1) is 0 Å². The zero-order valence-electron chi connectivity index (χ0n) is 10.2. The third kappa shape index (κ3) is 2.99. The molecular weight excluding hydrogens is 202 g/mol. The van der Waals surface area contributed by atoms with Crippen molar-refractivity contribution in [1.29, 1.82) is 0 Å². The van der Waals surface area contributed by atoms with Crippen molar-refractivity contribution < 1.29 is 9.53 Å². The Labute approximate surface area is 97.0 Å². The van der Waals surface area contributed by atoms with Gasteiger partial charge in [-0.05, 0) is 31.5 Å². The monoisotopic (exact) mass is 221 g/mol. The van der Waals surface area contributed by atoms with E-state index in [9.17, 15) is 4.79 Å². The lowest BCUT2D eigenvalue weighted by molar-refractivity contribution is 0.0601. The van der Waals surface area contributed by atoms with Crippen LogP contribution in [0.25, 0.3) is 0 Å². The normalized spacial score (nSPS) is 9.94. The standard InChI is InChI=1S/C13H19NO2/c1-4-9-14(5-2)12-8-6-7-11(10-12)13(15)16-3/h6-8,10H,4-5,9H2,1-3H3. The second-order valence-electron chi connectivity index (χ2n) is 3.62. The smallest absolute Gasteiger partial charge is 0.337 e. The molecule has 0 amide bonds. The van der Waals surface area contributed by atoms with Crippen molar-refractivity contribution in [3.8, 4) is 0 Å². The number of nitrogens with zero attached hydrogens (tertiary/aromatic N) is 1. The van der Waals surface area contributed by atoms with Crippen molar-refractivity contribution >= 4 is 11.7 Å². The lowest BCUT2D eigenvalue weighted by Crippen LogP contribution is -2.23. The number of anilines is 1. The predicted molar refractivity (Wildman–Crippen MR) is 66.0 cm³/mol. The van der Waals surface area contributed by atoms with Gasteiger partial charge >= 0.3 is 5.97 Å². The highest BCUT2D eigenvalue weighted by molar-refractivity contribution is 5.90. The van der Waals surface area contributed by atoms with Crippen LogP contribution in [0.5, 0.6) is 0 Å². The second-order valence-corrected chi connectivity index (χ2v) is 3.62. The molecule has 0 bridgehead atoms. The van der Waals surface area contributed by atoms with E-state index >= 15 is 0 Å². The van der Waals surface area contributed by atoms with Crippen LogP contribution in [0.1, 0.15) is 30.6 Å². The highest BCUT2D eigenvalue weighted by atomic mass is 16.5. The van der Waals surface area contributed by atoms with Crippen LogP contribution in [-0.4, -0.2) is 26.2 Å². The van der Waals surface area contributed by atoms with E-state index in [0.29, 0.717) is 5.56 Å². The molecule has 0 spiro atoms. The van der Waals surface area contributed by atoms with Gasteiger partial charge in [0.15, 0.2) is 0 Å². The van der Waals surface area contributed by atoms with E-state index in [-0.39, 0.29) is 5.97 Å². The zero-order valence-corrected chi connectivity index (χ0v) is 10.2. The Morgan fingerprint density at radius 2 is 2.12 bits per heavy atom. The maximum atomic E-state index is 11.4. The van der Waals surface area contributed by atoms with Crippen LogP contribution in [0.15, 0.2) is 24.3 Å². The van der Waals surface area contributed by atoms with Crippen LogP contribution >= 0.6 is 0 Å². The topological polar surface area (TPSA) is 29.5 Å². The van der Waals surface area contributed by atoms with Crippen LogP contribution in [0.4, 0.5) is 5.69 Å². The van der Waals surface area contributed by atoms with Gasteiger partial charge in [0.1, 0.15) is 0 Å². The summed E-state index contributed by atoms with van der Waals surface area (Å²) in [6.45, 7) is 6.20. The molecule has 0 N–H and O–H groups in total. The van der Waals surface area contributed by atoms with Crippen LogP contribution in [0.3, 0.4) is 0 Å². The van der Waals surface area contributed by atoms with Crippen molar-refractivity contribution in [2.75, 3.05) is 25.1 Å². The molecule has 0 heterocycles. The maximum Gasteiger partial charge on any atom is 0.337 e. The van der Waals surface area contributed by atoms with E-state index in [2.05, 4.69) is 18.7 Å². The number of ether oxygens (including phenoxy) is 1. The number of esters is 1. The second kappa shape index (κ2) is 6.16. The van der Waals surface area contributed by atoms with Gasteiger partial charge in [0.2, 0.25) is 0 Å². The van der Waals surface area contributed by atoms with E-state index in [4.69, 9.17) is 4.74 Å². The zero-order chi connectivity index (χ0) is 12.0. The third-order valence-corrected chi connectivity index (χ3v) is 2.51. The van der Waals surface area contributed by atoms with Gasteiger partial charge in [0, 0.05) is 18.8 Å². The Bertz CT molecular complexity index is 350. The predicted octanol–water partition coefficient (Wildman–Crippen LogP) is 2.71. The van der Waals surface area contributed by atoms with Gasteiger partial charge in [-0.25, -0.2) is 4.79 Å². The van der Waals surface area contributed by atoms with Crippen molar-refractivity contribution in [3.05, 3.63) is 29.8 Å². The van der Waals surface area contributed by atoms with Crippen molar-refractivity contribution in [2.24, 2.45) is 0 Å². The first kappa shape index (κ1) is 12.6. The first-order chi connectivity index (χ1) is 7.72. The first-order valence-electron chi connectivity index (χ1n) is 5.66. The first-order valence-corrected chi connectivity index (χ1v) is 5.66. The largest absolute Gasteiger partial charge is 0.465 e. The lowest BCUT2D eigenvalue weighted by Gasteiger charge is -2.22. The van der Waals surface area contributed by atoms with Gasteiger partial charge in [0.25, 0.3) is 0 Å². The molecule has 0 aliphatic carbocycles. The number of methoxy groups -OCH3 is 1. The lowest BCUT2D eigenvalue weighted by atomic mass is 10.2. The van der Waals surface area contributed by atoms with Crippen molar-refractivity contribution in [2.45, 2.75) is 20.3 Å². The fourth-order valence-electron chi connectivity index (χ4n) is 1.69. The van der Waals surface area contributed by atoms with Gasteiger partial charge in [-0.3, -0.25) is 0 Å². The Hall–Kier alpha value is -1.51. The van der Waals surface area contributed by atoms with E-state index in [1.807, 2.05) is 18.2 Å². The Morgan fingerprint density at radius 3 is 2.69 bits per heavy atom. The van der Waals surface area contributed by atoms with Gasteiger partial charge < -0.3 is 9.64 Å². The molecule has 1 aromatic rings. The van der Waals surface area contributed by atoms with E-state index in [0.717, 1.165) is 25.2 Å². The summed E-state index contributed by atoms with van der Waals surface area (Å²) in [5.74, 6) is -0.283. The highest BCUT2D eigenvalue weighted by Crippen LogP contribution is 2.16. The molecule has 0 unspecified atom stereocenters. The molecule has 0 radical (unpaired) electrons. The number of hydrogen-bond acceptors (Lipinski definition) is 3. The van der Waals surface area contributed by atoms with E-state index in [1.165, 1.54) is 7.11 Å². The number of rotatable bonds is 5. The van der Waals surface area contributed by atoms with Gasteiger partial charge in [0.05, 0.1) is 12.7 Å². The number of hydrogen-bond donors (Lipinski definition) is 0. The molecule has 1 rings (SSSR count). The molecule has 0 atom stereocenters. The summed E-state index contributed by atoms with van der Waals surface area (Å²) in [5.41, 5.74) is 1.68. The quantitative estimate of drug-likeness (QED) is 0.716. The fraction of sp³-hybridized carbons (Fsp3) is 0.462. The minimum absolute atomic E-state index is 0.283. The number of carbonyl (C=O) groups excluding carboxylic acids is 1. The van der Waals surface area contributed by atoms with E-state index < -0.39 is 0 Å². The molecule has 0 aliphatic rings. The Morgan fingerprint density at radius 1 is 1.38 bits per heavy atom. The SMILES string of the molecule is CCCN(CC)c1cccc(C(=O)OC)c1. The highest BCUT2D eigenvalue weighted by Gasteiger charge is 2.08. The molecular formula is C13H19NO2. The van der Waals surface area contributed by atoms with Crippen LogP contribution in [0, 0.1) is 0 Å². The molecule has 0 fully saturated rings. The van der Waals surface area contributed by atoms with Gasteiger partial charge in [-0.2, -0.15) is 0 Å². The average Bonchev–Trinajstić information content (AvgIpc) is 2.35. The summed E-state index contributed by atoms with van der Waals surface area (Å²) in [7, 11) is 1.40. The van der Waals surface area contributed by atoms with Gasteiger partial charge in [-0.1, -0.05) is 13.0 Å². The molecule has 0 aliphatic heterocycles. The third-order valence-electron chi connectivity index (χ3n) is 2.51. The summed E-state index contributed by atoms with van der Waals surface area (Å²) >= 11 is 0. The maximum absolute atomic E-state index is 11.4. The van der Waals surface area contributed by atoms with Crippen LogP contribution in [0.2, 0.25) is 0 Å². The van der Waals surface area contributed by atoms with Crippen molar-refractivity contribution in [3.63, 3.8) is 0 Å². The fourth-order valence-corrected chi connectivity index (χ4v) is 1.69. The molecule has 0 saturated heterocycles.